The van der Waals surface area contributed by atoms with E-state index in [1.807, 2.05) is 0 Å². The average Bonchev–Trinajstić information content (AvgIpc) is 2.63. The fourth-order valence-corrected chi connectivity index (χ4v) is 3.11. The Morgan fingerprint density at radius 1 is 0.750 bits per heavy atom. The summed E-state index contributed by atoms with van der Waals surface area (Å²) >= 11 is 0. The number of aryl methyl sites for hydroxylation is 1. The molecule has 2 aromatic heterocycles. The maximum atomic E-state index is 2.34. The van der Waals surface area contributed by atoms with Crippen molar-refractivity contribution in [2.24, 2.45) is 0 Å². The molecule has 0 radical (unpaired) electrons. The SMILES string of the molecule is CCCCCC(C)[n+]1ccc(-c2cc[n+](CCCCC)cc2)cc1. The predicted octanol–water partition coefficient (Wildman–Crippen LogP) is 5.26. The number of hydrogen-bond acceptors (Lipinski definition) is 0. The molecule has 0 spiro atoms. The number of rotatable bonds is 10. The summed E-state index contributed by atoms with van der Waals surface area (Å²) in [5.74, 6) is 0. The van der Waals surface area contributed by atoms with Gasteiger partial charge in [0.1, 0.15) is 6.54 Å². The lowest BCUT2D eigenvalue weighted by Crippen LogP contribution is -2.36. The van der Waals surface area contributed by atoms with Crippen molar-refractivity contribution in [3.05, 3.63) is 49.1 Å². The van der Waals surface area contributed by atoms with Crippen LogP contribution in [0.5, 0.6) is 0 Å². The molecule has 2 nitrogen and oxygen atoms in total. The van der Waals surface area contributed by atoms with Gasteiger partial charge in [0.25, 0.3) is 0 Å². The summed E-state index contributed by atoms with van der Waals surface area (Å²) in [6.45, 7) is 7.95. The minimum absolute atomic E-state index is 0.585. The standard InChI is InChI=1S/C22H34N2/c1-4-6-8-10-20(3)24-18-13-22(14-19-24)21-11-16-23(17-12-21)15-9-7-5-2/h11-14,16-20H,4-10,15H2,1-3H3/q+2. The first-order chi connectivity index (χ1) is 11.7. The van der Waals surface area contributed by atoms with Crippen molar-refractivity contribution in [2.45, 2.75) is 78.3 Å². The molecule has 2 rings (SSSR count). The largest absolute Gasteiger partial charge is 0.205 e. The summed E-state index contributed by atoms with van der Waals surface area (Å²) in [6, 6.07) is 9.54. The molecule has 1 atom stereocenters. The van der Waals surface area contributed by atoms with Crippen LogP contribution in [0.2, 0.25) is 0 Å². The molecular weight excluding hydrogens is 292 g/mol. The first-order valence-electron chi connectivity index (χ1n) is 9.75. The Hall–Kier alpha value is -1.70. The molecule has 0 fully saturated rings. The highest BCUT2D eigenvalue weighted by Gasteiger charge is 2.12. The maximum Gasteiger partial charge on any atom is 0.169 e. The molecule has 0 aromatic carbocycles. The van der Waals surface area contributed by atoms with Crippen LogP contribution in [0.4, 0.5) is 0 Å². The van der Waals surface area contributed by atoms with Crippen molar-refractivity contribution in [2.75, 3.05) is 0 Å². The highest BCUT2D eigenvalue weighted by Crippen LogP contribution is 2.17. The fourth-order valence-electron chi connectivity index (χ4n) is 3.11. The normalized spacial score (nSPS) is 12.3. The molecule has 130 valence electrons. The van der Waals surface area contributed by atoms with Crippen molar-refractivity contribution < 1.29 is 9.13 Å². The Morgan fingerprint density at radius 2 is 1.29 bits per heavy atom. The van der Waals surface area contributed by atoms with Crippen LogP contribution in [0.1, 0.15) is 71.8 Å². The monoisotopic (exact) mass is 326 g/mol. The second kappa shape index (κ2) is 10.2. The van der Waals surface area contributed by atoms with Crippen molar-refractivity contribution in [1.82, 2.24) is 0 Å². The summed E-state index contributed by atoms with van der Waals surface area (Å²) in [7, 11) is 0. The van der Waals surface area contributed by atoms with E-state index in [1.165, 1.54) is 56.1 Å². The molecule has 0 saturated carbocycles. The van der Waals surface area contributed by atoms with Crippen molar-refractivity contribution in [1.29, 1.82) is 0 Å². The predicted molar refractivity (Wildman–Crippen MR) is 101 cm³/mol. The lowest BCUT2D eigenvalue weighted by Gasteiger charge is -2.07. The van der Waals surface area contributed by atoms with Gasteiger partial charge in [-0.15, -0.1) is 0 Å². The number of hydrogen-bond donors (Lipinski definition) is 0. The van der Waals surface area contributed by atoms with Gasteiger partial charge < -0.3 is 0 Å². The van der Waals surface area contributed by atoms with E-state index >= 15 is 0 Å². The molecule has 2 aromatic rings. The van der Waals surface area contributed by atoms with Gasteiger partial charge in [0.05, 0.1) is 0 Å². The van der Waals surface area contributed by atoms with Crippen LogP contribution < -0.4 is 9.13 Å². The minimum atomic E-state index is 0.585. The van der Waals surface area contributed by atoms with E-state index in [1.54, 1.807) is 0 Å². The molecule has 2 heteroatoms. The number of nitrogens with zero attached hydrogens (tertiary/aromatic N) is 2. The molecule has 24 heavy (non-hydrogen) atoms. The van der Waals surface area contributed by atoms with Gasteiger partial charge in [-0.2, -0.15) is 0 Å². The van der Waals surface area contributed by atoms with Gasteiger partial charge in [-0.1, -0.05) is 33.1 Å². The lowest BCUT2D eigenvalue weighted by atomic mass is 10.1. The Bertz CT molecular complexity index is 572. The molecule has 0 N–H and O–H groups in total. The Kier molecular flexibility index (Phi) is 7.94. The smallest absolute Gasteiger partial charge is 0.169 e. The molecule has 0 bridgehead atoms. The van der Waals surface area contributed by atoms with Crippen LogP contribution in [0.15, 0.2) is 49.1 Å². The lowest BCUT2D eigenvalue weighted by molar-refractivity contribution is -0.720. The Labute approximate surface area is 148 Å². The van der Waals surface area contributed by atoms with Crippen LogP contribution >= 0.6 is 0 Å². The van der Waals surface area contributed by atoms with Crippen LogP contribution in [0.25, 0.3) is 11.1 Å². The van der Waals surface area contributed by atoms with E-state index in [0.29, 0.717) is 6.04 Å². The van der Waals surface area contributed by atoms with Gasteiger partial charge in [-0.3, -0.25) is 0 Å². The molecular formula is C22H34N2+2. The molecule has 1 unspecified atom stereocenters. The third-order valence-electron chi connectivity index (χ3n) is 4.83. The molecule has 0 saturated heterocycles. The zero-order chi connectivity index (χ0) is 17.2. The van der Waals surface area contributed by atoms with E-state index in [-0.39, 0.29) is 0 Å². The van der Waals surface area contributed by atoms with Crippen LogP contribution in [-0.4, -0.2) is 0 Å². The van der Waals surface area contributed by atoms with E-state index in [0.717, 1.165) is 6.54 Å². The second-order valence-corrected chi connectivity index (χ2v) is 6.91. The van der Waals surface area contributed by atoms with Gasteiger partial charge in [-0.05, 0) is 30.9 Å². The van der Waals surface area contributed by atoms with E-state index < -0.39 is 0 Å². The van der Waals surface area contributed by atoms with Crippen LogP contribution in [0, 0.1) is 0 Å². The highest BCUT2D eigenvalue weighted by molar-refractivity contribution is 5.60. The van der Waals surface area contributed by atoms with Crippen LogP contribution in [0.3, 0.4) is 0 Å². The maximum absolute atomic E-state index is 2.34. The van der Waals surface area contributed by atoms with Crippen molar-refractivity contribution in [3.63, 3.8) is 0 Å². The van der Waals surface area contributed by atoms with E-state index in [9.17, 15) is 0 Å². The van der Waals surface area contributed by atoms with E-state index in [4.69, 9.17) is 0 Å². The van der Waals surface area contributed by atoms with Crippen molar-refractivity contribution in [3.8, 4) is 11.1 Å². The topological polar surface area (TPSA) is 7.76 Å². The van der Waals surface area contributed by atoms with Gasteiger partial charge in [0, 0.05) is 37.1 Å². The van der Waals surface area contributed by atoms with E-state index in [2.05, 4.69) is 79.0 Å². The van der Waals surface area contributed by atoms with Crippen molar-refractivity contribution >= 4 is 0 Å². The zero-order valence-electron chi connectivity index (χ0n) is 15.7. The zero-order valence-corrected chi connectivity index (χ0v) is 15.7. The third-order valence-corrected chi connectivity index (χ3v) is 4.83. The average molecular weight is 327 g/mol. The molecule has 0 amide bonds. The number of aromatic nitrogens is 2. The summed E-state index contributed by atoms with van der Waals surface area (Å²) in [5.41, 5.74) is 2.60. The minimum Gasteiger partial charge on any atom is -0.205 e. The van der Waals surface area contributed by atoms with Gasteiger partial charge >= 0.3 is 0 Å². The van der Waals surface area contributed by atoms with Gasteiger partial charge in [-0.25, -0.2) is 9.13 Å². The van der Waals surface area contributed by atoms with Gasteiger partial charge in [0.2, 0.25) is 0 Å². The quantitative estimate of drug-likeness (QED) is 0.415. The number of pyridine rings is 2. The molecule has 2 heterocycles. The van der Waals surface area contributed by atoms with Crippen LogP contribution in [-0.2, 0) is 6.54 Å². The third kappa shape index (κ3) is 5.74. The fraction of sp³-hybridized carbons (Fsp3) is 0.545. The summed E-state index contributed by atoms with van der Waals surface area (Å²) < 4.78 is 4.63. The summed E-state index contributed by atoms with van der Waals surface area (Å²) in [4.78, 5) is 0. The highest BCUT2D eigenvalue weighted by atomic mass is 15.0. The first-order valence-corrected chi connectivity index (χ1v) is 9.75. The summed E-state index contributed by atoms with van der Waals surface area (Å²) in [6.07, 6.45) is 17.9. The summed E-state index contributed by atoms with van der Waals surface area (Å²) in [5, 5.41) is 0. The molecule has 0 aliphatic carbocycles. The van der Waals surface area contributed by atoms with Gasteiger partial charge in [0.15, 0.2) is 30.8 Å². The first kappa shape index (κ1) is 18.6. The molecule has 0 aliphatic rings. The number of unbranched alkanes of at least 4 members (excludes halogenated alkanes) is 4. The second-order valence-electron chi connectivity index (χ2n) is 6.91. The Balaban J connectivity index is 1.94. The Morgan fingerprint density at radius 3 is 1.88 bits per heavy atom. The molecule has 0 aliphatic heterocycles.